The maximum atomic E-state index is 12.6. The predicted octanol–water partition coefficient (Wildman–Crippen LogP) is 3.57. The molecule has 3 aromatic rings. The van der Waals surface area contributed by atoms with Gasteiger partial charge in [-0.15, -0.1) is 0 Å². The molecule has 166 valence electrons. The van der Waals surface area contributed by atoms with Gasteiger partial charge in [-0.05, 0) is 36.8 Å². The first-order chi connectivity index (χ1) is 15.9. The highest BCUT2D eigenvalue weighted by Gasteiger charge is 2.28. The normalized spacial score (nSPS) is 13.9. The second-order valence-corrected chi connectivity index (χ2v) is 8.23. The van der Waals surface area contributed by atoms with Crippen molar-refractivity contribution in [3.63, 3.8) is 0 Å². The van der Waals surface area contributed by atoms with Crippen molar-refractivity contribution in [2.24, 2.45) is 0 Å². The third kappa shape index (κ3) is 4.61. The molecule has 1 aliphatic heterocycles. The summed E-state index contributed by atoms with van der Waals surface area (Å²) < 4.78 is 15.6. The standard InChI is InChI=1S/C24H18N2O6S/c1-14-9-22(28)32-20-10-15(7-8-16(14)20)30-13-23(29)31-12-19(27)17(11-25)24-26(2)18-5-3-4-6-21(18)33-24/h3-10H,12-13H2,1-2H3/b24-17-. The predicted molar refractivity (Wildman–Crippen MR) is 122 cm³/mol. The van der Waals surface area contributed by atoms with E-state index in [4.69, 9.17) is 13.9 Å². The van der Waals surface area contributed by atoms with Crippen LogP contribution in [0.3, 0.4) is 0 Å². The molecule has 4 rings (SSSR count). The van der Waals surface area contributed by atoms with Crippen LogP contribution in [0.1, 0.15) is 5.56 Å². The molecule has 9 heteroatoms. The first kappa shape index (κ1) is 22.2. The summed E-state index contributed by atoms with van der Waals surface area (Å²) in [5.41, 5.74) is 1.44. The zero-order valence-electron chi connectivity index (χ0n) is 17.8. The minimum atomic E-state index is -0.771. The van der Waals surface area contributed by atoms with Crippen molar-refractivity contribution < 1.29 is 23.5 Å². The number of hydrogen-bond acceptors (Lipinski definition) is 9. The number of ether oxygens (including phenoxy) is 2. The smallest absolute Gasteiger partial charge is 0.344 e. The van der Waals surface area contributed by atoms with Crippen molar-refractivity contribution in [3.8, 4) is 11.8 Å². The Hall–Kier alpha value is -4.03. The zero-order valence-corrected chi connectivity index (χ0v) is 18.6. The monoisotopic (exact) mass is 462 g/mol. The Kier molecular flexibility index (Phi) is 6.20. The lowest BCUT2D eigenvalue weighted by molar-refractivity contribution is -0.149. The van der Waals surface area contributed by atoms with Crippen LogP contribution in [0.25, 0.3) is 11.0 Å². The van der Waals surface area contributed by atoms with Gasteiger partial charge in [0.1, 0.15) is 28.0 Å². The molecule has 0 unspecified atom stereocenters. The SMILES string of the molecule is Cc1cc(=O)oc2cc(OCC(=O)OCC(=O)/C(C#N)=C3\Sc4ccccc4N3C)ccc12. The number of carbonyl (C=O) groups excluding carboxylic acids is 2. The Bertz CT molecular complexity index is 1400. The van der Waals surface area contributed by atoms with Gasteiger partial charge in [0.2, 0.25) is 5.78 Å². The molecule has 0 atom stereocenters. The number of hydrogen-bond donors (Lipinski definition) is 0. The zero-order chi connectivity index (χ0) is 23.5. The number of nitrogens with zero attached hydrogens (tertiary/aromatic N) is 2. The van der Waals surface area contributed by atoms with Crippen molar-refractivity contribution in [1.29, 1.82) is 5.26 Å². The van der Waals surface area contributed by atoms with E-state index in [1.54, 1.807) is 31.0 Å². The topological polar surface area (TPSA) is 110 Å². The molecule has 0 fully saturated rings. The third-order valence-electron chi connectivity index (χ3n) is 4.99. The van der Waals surface area contributed by atoms with E-state index in [2.05, 4.69) is 0 Å². The molecule has 1 aromatic heterocycles. The van der Waals surface area contributed by atoms with Gasteiger partial charge in [-0.2, -0.15) is 5.26 Å². The number of carbonyl (C=O) groups is 2. The Balaban J connectivity index is 1.37. The van der Waals surface area contributed by atoms with Crippen molar-refractivity contribution >= 4 is 40.2 Å². The summed E-state index contributed by atoms with van der Waals surface area (Å²) >= 11 is 1.32. The number of ketones is 1. The van der Waals surface area contributed by atoms with Crippen LogP contribution < -0.4 is 15.3 Å². The fourth-order valence-electron chi connectivity index (χ4n) is 3.35. The van der Waals surface area contributed by atoms with Crippen molar-refractivity contribution in [3.05, 3.63) is 75.1 Å². The Morgan fingerprint density at radius 1 is 1.15 bits per heavy atom. The van der Waals surface area contributed by atoms with Gasteiger partial charge in [0.15, 0.2) is 13.2 Å². The summed E-state index contributed by atoms with van der Waals surface area (Å²) in [7, 11) is 1.77. The molecule has 33 heavy (non-hydrogen) atoms. The van der Waals surface area contributed by atoms with E-state index < -0.39 is 30.6 Å². The second kappa shape index (κ2) is 9.22. The number of para-hydroxylation sites is 1. The van der Waals surface area contributed by atoms with Gasteiger partial charge in [0.25, 0.3) is 0 Å². The molecular formula is C24H18N2O6S. The van der Waals surface area contributed by atoms with E-state index in [0.717, 1.165) is 21.5 Å². The summed E-state index contributed by atoms with van der Waals surface area (Å²) in [5, 5.41) is 10.8. The average Bonchev–Trinajstić information content (AvgIpc) is 3.12. The van der Waals surface area contributed by atoms with Crippen LogP contribution in [0.5, 0.6) is 5.75 Å². The maximum absolute atomic E-state index is 12.6. The highest BCUT2D eigenvalue weighted by molar-refractivity contribution is 8.03. The molecule has 1 aliphatic rings. The molecule has 0 bridgehead atoms. The minimum Gasteiger partial charge on any atom is -0.482 e. The molecule has 0 amide bonds. The van der Waals surface area contributed by atoms with Crippen LogP contribution >= 0.6 is 11.8 Å². The van der Waals surface area contributed by atoms with Gasteiger partial charge in [0.05, 0.1) is 5.69 Å². The number of aryl methyl sites for hydroxylation is 1. The van der Waals surface area contributed by atoms with Crippen LogP contribution in [0.4, 0.5) is 5.69 Å². The Morgan fingerprint density at radius 2 is 1.94 bits per heavy atom. The van der Waals surface area contributed by atoms with Gasteiger partial charge in [-0.1, -0.05) is 23.9 Å². The number of Topliss-reactive ketones (excluding diaryl/α,β-unsaturated/α-hetero) is 1. The summed E-state index contributed by atoms with van der Waals surface area (Å²) in [5.74, 6) is -1.07. The fourth-order valence-corrected chi connectivity index (χ4v) is 4.51. The number of fused-ring (bicyclic) bond motifs is 2. The summed E-state index contributed by atoms with van der Waals surface area (Å²) in [6.45, 7) is 0.762. The number of esters is 1. The molecule has 0 spiro atoms. The van der Waals surface area contributed by atoms with Crippen molar-refractivity contribution in [1.82, 2.24) is 0 Å². The average molecular weight is 462 g/mol. The largest absolute Gasteiger partial charge is 0.482 e. The van der Waals surface area contributed by atoms with Crippen molar-refractivity contribution in [2.45, 2.75) is 11.8 Å². The number of anilines is 1. The maximum Gasteiger partial charge on any atom is 0.344 e. The molecule has 0 aliphatic carbocycles. The molecule has 0 N–H and O–H groups in total. The fraction of sp³-hybridized carbons (Fsp3) is 0.167. The van der Waals surface area contributed by atoms with E-state index in [-0.39, 0.29) is 5.57 Å². The van der Waals surface area contributed by atoms with E-state index in [1.165, 1.54) is 23.9 Å². The second-order valence-electron chi connectivity index (χ2n) is 7.20. The quantitative estimate of drug-likeness (QED) is 0.235. The summed E-state index contributed by atoms with van der Waals surface area (Å²) in [6.07, 6.45) is 0. The Labute approximate surface area is 193 Å². The highest BCUT2D eigenvalue weighted by atomic mass is 32.2. The molecule has 2 aromatic carbocycles. The molecular weight excluding hydrogens is 444 g/mol. The van der Waals surface area contributed by atoms with E-state index in [1.807, 2.05) is 30.3 Å². The number of nitriles is 1. The molecule has 0 saturated carbocycles. The van der Waals surface area contributed by atoms with Gasteiger partial charge in [0, 0.05) is 29.5 Å². The third-order valence-corrected chi connectivity index (χ3v) is 6.22. The Morgan fingerprint density at radius 3 is 2.70 bits per heavy atom. The van der Waals surface area contributed by atoms with Gasteiger partial charge >= 0.3 is 11.6 Å². The first-order valence-electron chi connectivity index (χ1n) is 9.88. The molecule has 0 saturated heterocycles. The van der Waals surface area contributed by atoms with E-state index in [0.29, 0.717) is 16.4 Å². The highest BCUT2D eigenvalue weighted by Crippen LogP contribution is 2.46. The lowest BCUT2D eigenvalue weighted by Crippen LogP contribution is -2.22. The number of benzene rings is 2. The van der Waals surface area contributed by atoms with Crippen LogP contribution in [-0.2, 0) is 14.3 Å². The number of thioether (sulfide) groups is 1. The molecule has 0 radical (unpaired) electrons. The van der Waals surface area contributed by atoms with Crippen LogP contribution in [0.15, 0.2) is 73.2 Å². The van der Waals surface area contributed by atoms with Crippen LogP contribution in [-0.4, -0.2) is 32.0 Å². The van der Waals surface area contributed by atoms with Gasteiger partial charge in [-0.25, -0.2) is 9.59 Å². The van der Waals surface area contributed by atoms with E-state index in [9.17, 15) is 19.6 Å². The van der Waals surface area contributed by atoms with Crippen molar-refractivity contribution in [2.75, 3.05) is 25.2 Å². The number of rotatable bonds is 6. The minimum absolute atomic E-state index is 0.0765. The lowest BCUT2D eigenvalue weighted by Gasteiger charge is -2.14. The van der Waals surface area contributed by atoms with E-state index >= 15 is 0 Å². The van der Waals surface area contributed by atoms with Crippen LogP contribution in [0, 0.1) is 18.3 Å². The first-order valence-corrected chi connectivity index (χ1v) is 10.7. The van der Waals surface area contributed by atoms with Gasteiger partial charge < -0.3 is 18.8 Å². The summed E-state index contributed by atoms with van der Waals surface area (Å²) in [4.78, 5) is 38.9. The molecule has 2 heterocycles. The summed E-state index contributed by atoms with van der Waals surface area (Å²) in [6, 6.07) is 15.7. The van der Waals surface area contributed by atoms with Crippen LogP contribution in [0.2, 0.25) is 0 Å². The lowest BCUT2D eigenvalue weighted by atomic mass is 10.1. The van der Waals surface area contributed by atoms with Gasteiger partial charge in [-0.3, -0.25) is 4.79 Å². The molecule has 8 nitrogen and oxygen atoms in total.